The molecule has 78 valence electrons. The molecule has 0 spiro atoms. The van der Waals surface area contributed by atoms with Crippen LogP contribution in [0.25, 0.3) is 5.69 Å². The van der Waals surface area contributed by atoms with Crippen LogP contribution in [-0.4, -0.2) is 27.3 Å². The number of hydrogen-bond donors (Lipinski definition) is 1. The van der Waals surface area contributed by atoms with Gasteiger partial charge in [0.1, 0.15) is 5.82 Å². The van der Waals surface area contributed by atoms with Crippen LogP contribution in [0.15, 0.2) is 24.3 Å². The third kappa shape index (κ3) is 2.16. The first kappa shape index (κ1) is 9.72. The minimum absolute atomic E-state index is 0.283. The summed E-state index contributed by atoms with van der Waals surface area (Å²) in [5.41, 5.74) is 0.686. The van der Waals surface area contributed by atoms with Crippen molar-refractivity contribution >= 4 is 0 Å². The molecule has 0 bridgehead atoms. The fourth-order valence-electron chi connectivity index (χ4n) is 1.16. The summed E-state index contributed by atoms with van der Waals surface area (Å²) in [7, 11) is 1.80. The first-order valence-electron chi connectivity index (χ1n) is 4.49. The molecule has 0 unspecified atom stereocenters. The number of nitrogens with zero attached hydrogens (tertiary/aromatic N) is 4. The lowest BCUT2D eigenvalue weighted by atomic mass is 10.3. The summed E-state index contributed by atoms with van der Waals surface area (Å²) in [6, 6.07) is 5.91. The van der Waals surface area contributed by atoms with Gasteiger partial charge in [0.2, 0.25) is 0 Å². The number of hydrogen-bond acceptors (Lipinski definition) is 4. The fraction of sp³-hybridized carbons (Fsp3) is 0.222. The van der Waals surface area contributed by atoms with Crippen molar-refractivity contribution in [3.05, 3.63) is 35.9 Å². The Labute approximate surface area is 85.9 Å². The topological polar surface area (TPSA) is 55.6 Å². The predicted molar refractivity (Wildman–Crippen MR) is 51.9 cm³/mol. The van der Waals surface area contributed by atoms with Crippen molar-refractivity contribution in [2.24, 2.45) is 0 Å². The van der Waals surface area contributed by atoms with E-state index < -0.39 is 0 Å². The lowest BCUT2D eigenvalue weighted by Crippen LogP contribution is -2.07. The summed E-state index contributed by atoms with van der Waals surface area (Å²) in [5.74, 6) is 0.316. The van der Waals surface area contributed by atoms with Crippen molar-refractivity contribution in [3.63, 3.8) is 0 Å². The maximum atomic E-state index is 12.7. The molecule has 15 heavy (non-hydrogen) atoms. The van der Waals surface area contributed by atoms with Crippen LogP contribution in [0.3, 0.4) is 0 Å². The summed E-state index contributed by atoms with van der Waals surface area (Å²) < 4.78 is 12.7. The highest BCUT2D eigenvalue weighted by atomic mass is 19.1. The maximum Gasteiger partial charge on any atom is 0.188 e. The van der Waals surface area contributed by atoms with Crippen LogP contribution in [0, 0.1) is 5.82 Å². The van der Waals surface area contributed by atoms with Gasteiger partial charge in [-0.05, 0) is 36.5 Å². The molecule has 0 atom stereocenters. The molecule has 5 nitrogen and oxygen atoms in total. The normalized spacial score (nSPS) is 10.5. The number of benzene rings is 1. The molecule has 1 aromatic heterocycles. The predicted octanol–water partition coefficient (Wildman–Crippen LogP) is 0.521. The van der Waals surface area contributed by atoms with Gasteiger partial charge in [0.25, 0.3) is 0 Å². The second-order valence-corrected chi connectivity index (χ2v) is 3.00. The number of nitrogens with one attached hydrogen (secondary N) is 1. The van der Waals surface area contributed by atoms with Crippen molar-refractivity contribution in [3.8, 4) is 5.69 Å². The average Bonchev–Trinajstić information content (AvgIpc) is 2.68. The molecule has 1 aromatic carbocycles. The van der Waals surface area contributed by atoms with E-state index in [2.05, 4.69) is 20.7 Å². The molecule has 0 saturated carbocycles. The Morgan fingerprint density at radius 1 is 1.33 bits per heavy atom. The monoisotopic (exact) mass is 207 g/mol. The minimum atomic E-state index is -0.283. The molecular formula is C9H10FN5. The number of rotatable bonds is 3. The van der Waals surface area contributed by atoms with Crippen molar-refractivity contribution in [2.45, 2.75) is 6.54 Å². The van der Waals surface area contributed by atoms with E-state index in [0.29, 0.717) is 18.1 Å². The van der Waals surface area contributed by atoms with Crippen molar-refractivity contribution in [2.75, 3.05) is 7.05 Å². The van der Waals surface area contributed by atoms with E-state index in [9.17, 15) is 4.39 Å². The Morgan fingerprint density at radius 3 is 2.73 bits per heavy atom. The molecule has 0 saturated heterocycles. The van der Waals surface area contributed by atoms with E-state index in [1.54, 1.807) is 19.2 Å². The highest BCUT2D eigenvalue weighted by Crippen LogP contribution is 2.05. The molecule has 2 rings (SSSR count). The zero-order valence-electron chi connectivity index (χ0n) is 8.18. The van der Waals surface area contributed by atoms with Gasteiger partial charge in [0.05, 0.1) is 12.2 Å². The van der Waals surface area contributed by atoms with Gasteiger partial charge in [0.15, 0.2) is 5.82 Å². The standard InChI is InChI=1S/C9H10FN5/c1-11-6-9-12-14-15(13-9)8-4-2-7(10)3-5-8/h2-5,11H,6H2,1H3. The molecule has 6 heteroatoms. The Balaban J connectivity index is 2.25. The highest BCUT2D eigenvalue weighted by molar-refractivity contribution is 5.28. The van der Waals surface area contributed by atoms with E-state index in [4.69, 9.17) is 0 Å². The molecule has 0 fully saturated rings. The fourth-order valence-corrected chi connectivity index (χ4v) is 1.16. The van der Waals surface area contributed by atoms with E-state index in [1.807, 2.05) is 0 Å². The van der Waals surface area contributed by atoms with Gasteiger partial charge in [-0.2, -0.15) is 0 Å². The summed E-state index contributed by atoms with van der Waals surface area (Å²) in [6.07, 6.45) is 0. The summed E-state index contributed by atoms with van der Waals surface area (Å²) in [5, 5.41) is 14.7. The zero-order chi connectivity index (χ0) is 10.7. The molecule has 0 aliphatic rings. The molecule has 0 aliphatic carbocycles. The Kier molecular flexibility index (Phi) is 2.68. The zero-order valence-corrected chi connectivity index (χ0v) is 8.18. The molecule has 2 aromatic rings. The Hall–Kier alpha value is -1.82. The second kappa shape index (κ2) is 4.14. The summed E-state index contributed by atoms with van der Waals surface area (Å²) in [6.45, 7) is 0.557. The van der Waals surface area contributed by atoms with Crippen LogP contribution in [0.1, 0.15) is 5.82 Å². The largest absolute Gasteiger partial charge is 0.313 e. The molecular weight excluding hydrogens is 197 g/mol. The van der Waals surface area contributed by atoms with Crippen LogP contribution in [0.4, 0.5) is 4.39 Å². The first-order valence-corrected chi connectivity index (χ1v) is 4.49. The third-order valence-corrected chi connectivity index (χ3v) is 1.85. The number of aromatic nitrogens is 4. The quantitative estimate of drug-likeness (QED) is 0.797. The van der Waals surface area contributed by atoms with E-state index in [0.717, 1.165) is 0 Å². The van der Waals surface area contributed by atoms with Crippen LogP contribution in [-0.2, 0) is 6.54 Å². The second-order valence-electron chi connectivity index (χ2n) is 3.00. The summed E-state index contributed by atoms with van der Waals surface area (Å²) in [4.78, 5) is 1.37. The van der Waals surface area contributed by atoms with Gasteiger partial charge in [-0.3, -0.25) is 0 Å². The highest BCUT2D eigenvalue weighted by Gasteiger charge is 2.03. The van der Waals surface area contributed by atoms with Crippen molar-refractivity contribution < 1.29 is 4.39 Å². The molecule has 0 amide bonds. The number of halogens is 1. The first-order chi connectivity index (χ1) is 7.29. The molecule has 0 radical (unpaired) electrons. The van der Waals surface area contributed by atoms with Crippen molar-refractivity contribution in [1.82, 2.24) is 25.5 Å². The van der Waals surface area contributed by atoms with Gasteiger partial charge in [-0.15, -0.1) is 15.0 Å². The van der Waals surface area contributed by atoms with Gasteiger partial charge in [0, 0.05) is 0 Å². The van der Waals surface area contributed by atoms with Crippen LogP contribution < -0.4 is 5.32 Å². The third-order valence-electron chi connectivity index (χ3n) is 1.85. The number of tetrazole rings is 1. The lowest BCUT2D eigenvalue weighted by Gasteiger charge is -1.96. The van der Waals surface area contributed by atoms with Gasteiger partial charge in [-0.1, -0.05) is 0 Å². The molecule has 0 aliphatic heterocycles. The smallest absolute Gasteiger partial charge is 0.188 e. The maximum absolute atomic E-state index is 12.7. The minimum Gasteiger partial charge on any atom is -0.313 e. The van der Waals surface area contributed by atoms with Gasteiger partial charge >= 0.3 is 0 Å². The SMILES string of the molecule is CNCc1nnn(-c2ccc(F)cc2)n1. The summed E-state index contributed by atoms with van der Waals surface area (Å²) >= 11 is 0. The van der Waals surface area contributed by atoms with Crippen LogP contribution in [0.2, 0.25) is 0 Å². The average molecular weight is 207 g/mol. The van der Waals surface area contributed by atoms with Crippen LogP contribution in [0.5, 0.6) is 0 Å². The Bertz CT molecular complexity index is 436. The van der Waals surface area contributed by atoms with Crippen molar-refractivity contribution in [1.29, 1.82) is 0 Å². The van der Waals surface area contributed by atoms with Gasteiger partial charge < -0.3 is 5.32 Å². The van der Waals surface area contributed by atoms with E-state index >= 15 is 0 Å². The van der Waals surface area contributed by atoms with E-state index in [1.165, 1.54) is 16.9 Å². The lowest BCUT2D eigenvalue weighted by molar-refractivity contribution is 0.625. The molecule has 1 N–H and O–H groups in total. The Morgan fingerprint density at radius 2 is 2.07 bits per heavy atom. The van der Waals surface area contributed by atoms with E-state index in [-0.39, 0.29) is 5.82 Å². The van der Waals surface area contributed by atoms with Crippen LogP contribution >= 0.6 is 0 Å². The van der Waals surface area contributed by atoms with Gasteiger partial charge in [-0.25, -0.2) is 4.39 Å². The molecule has 1 heterocycles.